The van der Waals surface area contributed by atoms with E-state index >= 15 is 0 Å². The summed E-state index contributed by atoms with van der Waals surface area (Å²) in [6.45, 7) is 0. The van der Waals surface area contributed by atoms with E-state index in [0.29, 0.717) is 11.0 Å². The van der Waals surface area contributed by atoms with Crippen LogP contribution in [0.15, 0.2) is 18.2 Å². The summed E-state index contributed by atoms with van der Waals surface area (Å²) >= 11 is 0. The lowest BCUT2D eigenvalue weighted by Gasteiger charge is -2.12. The fourth-order valence-electron chi connectivity index (χ4n) is 1.50. The number of ether oxygens (including phenoxy) is 1. The molecule has 7 heteroatoms. The van der Waals surface area contributed by atoms with Crippen LogP contribution in [0, 0.1) is 0 Å². The van der Waals surface area contributed by atoms with Crippen LogP contribution in [-0.4, -0.2) is 30.4 Å². The van der Waals surface area contributed by atoms with Gasteiger partial charge in [-0.25, -0.2) is 4.79 Å². The molecule has 1 aliphatic heterocycles. The summed E-state index contributed by atoms with van der Waals surface area (Å²) in [6, 6.07) is 4.34. The number of alkyl carbamates (subject to hydrolysis) is 1. The average molecular weight is 223 g/mol. The first-order valence-electron chi connectivity index (χ1n) is 4.66. The number of carbonyl (C=O) groups excluding carboxylic acids is 1. The molecular formula is C9H10BNO5. The lowest BCUT2D eigenvalue weighted by atomic mass is 9.79. The molecule has 1 aliphatic rings. The van der Waals surface area contributed by atoms with E-state index < -0.39 is 19.5 Å². The minimum Gasteiger partial charge on any atom is -0.508 e. The molecule has 1 unspecified atom stereocenters. The maximum absolute atomic E-state index is 11.0. The second kappa shape index (κ2) is 4.03. The van der Waals surface area contributed by atoms with E-state index in [9.17, 15) is 14.9 Å². The van der Waals surface area contributed by atoms with Crippen LogP contribution >= 0.6 is 0 Å². The van der Waals surface area contributed by atoms with Gasteiger partial charge in [0, 0.05) is 12.6 Å². The third-order valence-corrected chi connectivity index (χ3v) is 2.26. The molecule has 2 rings (SSSR count). The Kier molecular flexibility index (Phi) is 2.72. The zero-order valence-electron chi connectivity index (χ0n) is 8.51. The number of nitrogens with one attached hydrogen (secondary N) is 1. The van der Waals surface area contributed by atoms with Crippen molar-refractivity contribution in [2.24, 2.45) is 0 Å². The number of hydrogen-bond acceptors (Lipinski definition) is 5. The van der Waals surface area contributed by atoms with Crippen molar-refractivity contribution >= 4 is 18.7 Å². The first kappa shape index (κ1) is 10.8. The highest BCUT2D eigenvalue weighted by molar-refractivity contribution is 6.61. The molecule has 1 atom stereocenters. The fraction of sp³-hybridized carbons (Fsp3) is 0.222. The summed E-state index contributed by atoms with van der Waals surface area (Å²) in [4.78, 5) is 11.0. The predicted molar refractivity (Wildman–Crippen MR) is 55.1 cm³/mol. The van der Waals surface area contributed by atoms with Crippen molar-refractivity contribution in [2.75, 3.05) is 7.05 Å². The summed E-state index contributed by atoms with van der Waals surface area (Å²) in [7, 11) is 0.225. The van der Waals surface area contributed by atoms with Gasteiger partial charge in [0.2, 0.25) is 6.29 Å². The smallest absolute Gasteiger partial charge is 0.494 e. The SMILES string of the molecule is CNC(=O)OC1OB(O)c2cc(O)ccc21. The van der Waals surface area contributed by atoms with Crippen LogP contribution < -0.4 is 10.8 Å². The molecule has 0 bridgehead atoms. The molecule has 0 aliphatic carbocycles. The minimum absolute atomic E-state index is 0.0157. The topological polar surface area (TPSA) is 88.0 Å². The van der Waals surface area contributed by atoms with E-state index in [-0.39, 0.29) is 5.75 Å². The van der Waals surface area contributed by atoms with Gasteiger partial charge < -0.3 is 24.8 Å². The summed E-state index contributed by atoms with van der Waals surface area (Å²) < 4.78 is 9.90. The number of hydrogen-bond donors (Lipinski definition) is 3. The number of amides is 1. The van der Waals surface area contributed by atoms with Crippen molar-refractivity contribution in [2.45, 2.75) is 6.29 Å². The Morgan fingerprint density at radius 2 is 2.38 bits per heavy atom. The molecular weight excluding hydrogens is 213 g/mol. The maximum Gasteiger partial charge on any atom is 0.494 e. The zero-order valence-corrected chi connectivity index (χ0v) is 8.51. The van der Waals surface area contributed by atoms with Crippen molar-refractivity contribution < 1.29 is 24.3 Å². The lowest BCUT2D eigenvalue weighted by molar-refractivity contribution is -0.0358. The first-order chi connectivity index (χ1) is 7.61. The predicted octanol–water partition coefficient (Wildman–Crippen LogP) is -0.536. The Morgan fingerprint density at radius 1 is 1.62 bits per heavy atom. The van der Waals surface area contributed by atoms with E-state index in [4.69, 9.17) is 9.39 Å². The maximum atomic E-state index is 11.0. The minimum atomic E-state index is -1.20. The highest BCUT2D eigenvalue weighted by Crippen LogP contribution is 2.26. The second-order valence-electron chi connectivity index (χ2n) is 3.29. The van der Waals surface area contributed by atoms with Crippen molar-refractivity contribution in [3.63, 3.8) is 0 Å². The van der Waals surface area contributed by atoms with E-state index in [1.54, 1.807) is 0 Å². The first-order valence-corrected chi connectivity index (χ1v) is 4.66. The molecule has 3 N–H and O–H groups in total. The number of benzene rings is 1. The van der Waals surface area contributed by atoms with Gasteiger partial charge in [0.1, 0.15) is 5.75 Å². The molecule has 1 aromatic carbocycles. The number of fused-ring (bicyclic) bond motifs is 1. The molecule has 0 radical (unpaired) electrons. The number of rotatable bonds is 1. The summed E-state index contributed by atoms with van der Waals surface area (Å²) in [6.07, 6.45) is -1.61. The van der Waals surface area contributed by atoms with Gasteiger partial charge in [-0.1, -0.05) is 0 Å². The molecule has 1 heterocycles. The van der Waals surface area contributed by atoms with Gasteiger partial charge in [0.25, 0.3) is 0 Å². The van der Waals surface area contributed by atoms with Crippen LogP contribution in [0.5, 0.6) is 5.75 Å². The summed E-state index contributed by atoms with van der Waals surface area (Å²) in [5.74, 6) is 0.0157. The Bertz CT molecular complexity index is 424. The third-order valence-electron chi connectivity index (χ3n) is 2.26. The fourth-order valence-corrected chi connectivity index (χ4v) is 1.50. The van der Waals surface area contributed by atoms with Gasteiger partial charge in [-0.3, -0.25) is 0 Å². The van der Waals surface area contributed by atoms with E-state index in [1.165, 1.54) is 25.2 Å². The normalized spacial score (nSPS) is 18.1. The van der Waals surface area contributed by atoms with Gasteiger partial charge in [0.05, 0.1) is 0 Å². The van der Waals surface area contributed by atoms with E-state index in [0.717, 1.165) is 0 Å². The molecule has 0 saturated heterocycles. The zero-order chi connectivity index (χ0) is 11.7. The largest absolute Gasteiger partial charge is 0.508 e. The molecule has 16 heavy (non-hydrogen) atoms. The summed E-state index contributed by atoms with van der Waals surface area (Å²) in [5.41, 5.74) is 0.919. The standard InChI is InChI=1S/C9H10BNO5/c1-11-9(13)15-8-6-3-2-5(12)4-7(6)10(14)16-8/h2-4,8,12,14H,1H3,(H,11,13). The highest BCUT2D eigenvalue weighted by Gasteiger charge is 2.37. The highest BCUT2D eigenvalue weighted by atomic mass is 16.7. The summed E-state index contributed by atoms with van der Waals surface area (Å²) in [5, 5.41) is 21.0. The van der Waals surface area contributed by atoms with Crippen LogP contribution in [0.3, 0.4) is 0 Å². The van der Waals surface area contributed by atoms with Crippen molar-refractivity contribution in [1.82, 2.24) is 5.32 Å². The van der Waals surface area contributed by atoms with Crippen LogP contribution in [0.25, 0.3) is 0 Å². The average Bonchev–Trinajstić information content (AvgIpc) is 2.55. The van der Waals surface area contributed by atoms with Gasteiger partial charge in [-0.15, -0.1) is 0 Å². The Labute approximate surface area is 91.9 Å². The van der Waals surface area contributed by atoms with Crippen molar-refractivity contribution in [1.29, 1.82) is 0 Å². The second-order valence-corrected chi connectivity index (χ2v) is 3.29. The van der Waals surface area contributed by atoms with Crippen LogP contribution in [0.2, 0.25) is 0 Å². The van der Waals surface area contributed by atoms with Crippen molar-refractivity contribution in [3.05, 3.63) is 23.8 Å². The number of phenolic OH excluding ortho intramolecular Hbond substituents is 1. The number of phenols is 1. The molecule has 1 aromatic rings. The van der Waals surface area contributed by atoms with Gasteiger partial charge >= 0.3 is 13.2 Å². The van der Waals surface area contributed by atoms with Gasteiger partial charge in [0.15, 0.2) is 0 Å². The third kappa shape index (κ3) is 1.82. The Morgan fingerprint density at radius 3 is 3.06 bits per heavy atom. The van der Waals surface area contributed by atoms with Crippen molar-refractivity contribution in [3.8, 4) is 5.75 Å². The lowest BCUT2D eigenvalue weighted by Crippen LogP contribution is -2.28. The molecule has 0 saturated carbocycles. The molecule has 6 nitrogen and oxygen atoms in total. The van der Waals surface area contributed by atoms with E-state index in [1.807, 2.05) is 0 Å². The molecule has 0 spiro atoms. The van der Waals surface area contributed by atoms with E-state index in [2.05, 4.69) is 5.32 Å². The molecule has 0 fully saturated rings. The molecule has 0 aromatic heterocycles. The van der Waals surface area contributed by atoms with Gasteiger partial charge in [-0.05, 0) is 23.7 Å². The quantitative estimate of drug-likeness (QED) is 0.556. The Hall–Kier alpha value is -1.73. The van der Waals surface area contributed by atoms with Crippen LogP contribution in [0.1, 0.15) is 11.9 Å². The number of carbonyl (C=O) groups is 1. The molecule has 1 amide bonds. The van der Waals surface area contributed by atoms with Crippen LogP contribution in [0.4, 0.5) is 4.79 Å². The van der Waals surface area contributed by atoms with Crippen LogP contribution in [-0.2, 0) is 9.39 Å². The molecule has 84 valence electrons. The monoisotopic (exact) mass is 223 g/mol. The number of aromatic hydroxyl groups is 1. The van der Waals surface area contributed by atoms with Gasteiger partial charge in [-0.2, -0.15) is 0 Å². The Balaban J connectivity index is 2.25.